The summed E-state index contributed by atoms with van der Waals surface area (Å²) in [4.78, 5) is 0. The third-order valence-electron chi connectivity index (χ3n) is 0.659. The van der Waals surface area contributed by atoms with E-state index >= 15 is 0 Å². The van der Waals surface area contributed by atoms with Crippen LogP contribution in [0.15, 0.2) is 0 Å². The summed E-state index contributed by atoms with van der Waals surface area (Å²) in [6, 6.07) is 0. The third-order valence-corrected chi connectivity index (χ3v) is 1.33. The van der Waals surface area contributed by atoms with Crippen LogP contribution in [0.2, 0.25) is 0 Å². The quantitative estimate of drug-likeness (QED) is 0.523. The fourth-order valence-corrected chi connectivity index (χ4v) is 0.618. The van der Waals surface area contributed by atoms with Gasteiger partial charge in [0.05, 0.1) is 0 Å². The Kier molecular flexibility index (Phi) is 4.60. The molecule has 0 aromatic rings. The highest BCUT2D eigenvalue weighted by molar-refractivity contribution is 7.99. The van der Waals surface area contributed by atoms with Gasteiger partial charge in [-0.2, -0.15) is 0 Å². The van der Waals surface area contributed by atoms with Crippen LogP contribution in [-0.2, 0) is 0 Å². The SMILES string of the molecule is CCNC(N)SC. The molecular formula is C4H12N2S. The summed E-state index contributed by atoms with van der Waals surface area (Å²) in [6.45, 7) is 2.98. The van der Waals surface area contributed by atoms with Crippen LogP contribution in [0, 0.1) is 0 Å². The van der Waals surface area contributed by atoms with Crippen LogP contribution in [-0.4, -0.2) is 18.3 Å². The van der Waals surface area contributed by atoms with Gasteiger partial charge in [0, 0.05) is 0 Å². The number of nitrogens with two attached hydrogens (primary N) is 1. The highest BCUT2D eigenvalue weighted by atomic mass is 32.2. The lowest BCUT2D eigenvalue weighted by molar-refractivity contribution is 0.699. The number of hydrogen-bond donors (Lipinski definition) is 2. The summed E-state index contributed by atoms with van der Waals surface area (Å²) in [5.74, 6) is 0. The molecule has 0 saturated carbocycles. The van der Waals surface area contributed by atoms with Crippen LogP contribution in [0.3, 0.4) is 0 Å². The van der Waals surface area contributed by atoms with E-state index in [0.29, 0.717) is 0 Å². The molecule has 1 atom stereocenters. The molecule has 0 bridgehead atoms. The maximum atomic E-state index is 5.44. The summed E-state index contributed by atoms with van der Waals surface area (Å²) in [7, 11) is 0. The van der Waals surface area contributed by atoms with E-state index in [9.17, 15) is 0 Å². The largest absolute Gasteiger partial charge is 0.307 e. The molecule has 3 N–H and O–H groups in total. The second-order valence-electron chi connectivity index (χ2n) is 1.21. The molecule has 0 heterocycles. The highest BCUT2D eigenvalue weighted by Gasteiger charge is 1.90. The van der Waals surface area contributed by atoms with Crippen molar-refractivity contribution in [3.05, 3.63) is 0 Å². The highest BCUT2D eigenvalue weighted by Crippen LogP contribution is 1.91. The van der Waals surface area contributed by atoms with Crippen LogP contribution >= 0.6 is 11.8 Å². The molecule has 0 saturated heterocycles. The van der Waals surface area contributed by atoms with Gasteiger partial charge in [-0.3, -0.25) is 5.32 Å². The lowest BCUT2D eigenvalue weighted by atomic mass is 10.8. The van der Waals surface area contributed by atoms with E-state index in [-0.39, 0.29) is 5.50 Å². The molecule has 3 heteroatoms. The number of nitrogens with one attached hydrogen (secondary N) is 1. The predicted molar refractivity (Wildman–Crippen MR) is 35.2 cm³/mol. The second-order valence-corrected chi connectivity index (χ2v) is 2.19. The monoisotopic (exact) mass is 120 g/mol. The van der Waals surface area contributed by atoms with E-state index in [1.165, 1.54) is 0 Å². The molecule has 0 amide bonds. The number of rotatable bonds is 3. The van der Waals surface area contributed by atoms with Gasteiger partial charge in [-0.1, -0.05) is 6.92 Å². The molecule has 0 aromatic heterocycles. The average molecular weight is 120 g/mol. The molecule has 0 radical (unpaired) electrons. The minimum Gasteiger partial charge on any atom is -0.307 e. The molecule has 1 unspecified atom stereocenters. The lowest BCUT2D eigenvalue weighted by Crippen LogP contribution is -2.33. The Morgan fingerprint density at radius 1 is 1.86 bits per heavy atom. The molecule has 0 aliphatic carbocycles. The average Bonchev–Trinajstić information content (AvgIpc) is 1.68. The van der Waals surface area contributed by atoms with Gasteiger partial charge in [0.2, 0.25) is 0 Å². The minimum atomic E-state index is 0.116. The molecular weight excluding hydrogens is 108 g/mol. The number of hydrogen-bond acceptors (Lipinski definition) is 3. The molecule has 0 aliphatic rings. The Balaban J connectivity index is 2.83. The van der Waals surface area contributed by atoms with Crippen molar-refractivity contribution < 1.29 is 0 Å². The van der Waals surface area contributed by atoms with E-state index in [0.717, 1.165) is 6.54 Å². The first-order valence-corrected chi connectivity index (χ1v) is 3.61. The molecule has 0 rings (SSSR count). The van der Waals surface area contributed by atoms with Crippen molar-refractivity contribution in [3.63, 3.8) is 0 Å². The summed E-state index contributed by atoms with van der Waals surface area (Å²) < 4.78 is 0. The molecule has 0 aliphatic heterocycles. The standard InChI is InChI=1S/C4H12N2S/c1-3-6-4(5)7-2/h4,6H,3,5H2,1-2H3. The fourth-order valence-electron chi connectivity index (χ4n) is 0.285. The predicted octanol–water partition coefficient (Wildman–Crippen LogP) is 0.201. The first-order valence-electron chi connectivity index (χ1n) is 2.33. The van der Waals surface area contributed by atoms with E-state index in [1.54, 1.807) is 11.8 Å². The van der Waals surface area contributed by atoms with E-state index < -0.39 is 0 Å². The summed E-state index contributed by atoms with van der Waals surface area (Å²) in [6.07, 6.45) is 1.98. The molecule has 44 valence electrons. The van der Waals surface area contributed by atoms with Crippen LogP contribution in [0.25, 0.3) is 0 Å². The van der Waals surface area contributed by atoms with Crippen LogP contribution < -0.4 is 11.1 Å². The minimum absolute atomic E-state index is 0.116. The summed E-state index contributed by atoms with van der Waals surface area (Å²) in [5, 5.41) is 3.04. The van der Waals surface area contributed by atoms with Gasteiger partial charge in [-0.25, -0.2) is 0 Å². The topological polar surface area (TPSA) is 38.0 Å². The summed E-state index contributed by atoms with van der Waals surface area (Å²) in [5.41, 5.74) is 5.55. The van der Waals surface area contributed by atoms with Gasteiger partial charge in [0.15, 0.2) is 0 Å². The van der Waals surface area contributed by atoms with Gasteiger partial charge in [-0.05, 0) is 12.8 Å². The first-order chi connectivity index (χ1) is 3.31. The van der Waals surface area contributed by atoms with E-state index in [1.807, 2.05) is 13.2 Å². The zero-order chi connectivity index (χ0) is 5.70. The van der Waals surface area contributed by atoms with Crippen LogP contribution in [0.4, 0.5) is 0 Å². The van der Waals surface area contributed by atoms with Crippen molar-refractivity contribution >= 4 is 11.8 Å². The van der Waals surface area contributed by atoms with Crippen molar-refractivity contribution in [2.45, 2.75) is 12.4 Å². The van der Waals surface area contributed by atoms with Crippen molar-refractivity contribution in [2.24, 2.45) is 5.73 Å². The maximum Gasteiger partial charge on any atom is 0.103 e. The van der Waals surface area contributed by atoms with Crippen LogP contribution in [0.1, 0.15) is 6.92 Å². The zero-order valence-corrected chi connectivity index (χ0v) is 5.59. The Morgan fingerprint density at radius 2 is 2.43 bits per heavy atom. The van der Waals surface area contributed by atoms with E-state index in [2.05, 4.69) is 5.32 Å². The molecule has 0 fully saturated rings. The number of thioether (sulfide) groups is 1. The molecule has 7 heavy (non-hydrogen) atoms. The Hall–Kier alpha value is 0.270. The van der Waals surface area contributed by atoms with Crippen molar-refractivity contribution in [3.8, 4) is 0 Å². The smallest absolute Gasteiger partial charge is 0.103 e. The Labute approximate surface area is 48.8 Å². The zero-order valence-electron chi connectivity index (χ0n) is 4.77. The maximum absolute atomic E-state index is 5.44. The van der Waals surface area contributed by atoms with Crippen molar-refractivity contribution in [1.29, 1.82) is 0 Å². The molecule has 2 nitrogen and oxygen atoms in total. The lowest BCUT2D eigenvalue weighted by Gasteiger charge is -2.06. The Morgan fingerprint density at radius 3 is 2.57 bits per heavy atom. The third kappa shape index (κ3) is 4.12. The van der Waals surface area contributed by atoms with Gasteiger partial charge < -0.3 is 5.73 Å². The van der Waals surface area contributed by atoms with Gasteiger partial charge >= 0.3 is 0 Å². The van der Waals surface area contributed by atoms with E-state index in [4.69, 9.17) is 5.73 Å². The summed E-state index contributed by atoms with van der Waals surface area (Å²) >= 11 is 1.62. The Bertz CT molecular complexity index is 40.7. The second kappa shape index (κ2) is 4.43. The van der Waals surface area contributed by atoms with Crippen molar-refractivity contribution in [1.82, 2.24) is 5.32 Å². The van der Waals surface area contributed by atoms with Crippen LogP contribution in [0.5, 0.6) is 0 Å². The molecule has 0 spiro atoms. The normalized spacial score (nSPS) is 14.1. The van der Waals surface area contributed by atoms with Gasteiger partial charge in [0.25, 0.3) is 0 Å². The fraction of sp³-hybridized carbons (Fsp3) is 1.00. The molecule has 0 aromatic carbocycles. The van der Waals surface area contributed by atoms with Gasteiger partial charge in [-0.15, -0.1) is 11.8 Å². The first kappa shape index (κ1) is 7.27. The van der Waals surface area contributed by atoms with Crippen molar-refractivity contribution in [2.75, 3.05) is 12.8 Å². The van der Waals surface area contributed by atoms with Gasteiger partial charge in [0.1, 0.15) is 5.50 Å².